The van der Waals surface area contributed by atoms with Gasteiger partial charge in [-0.25, -0.2) is 0 Å². The second kappa shape index (κ2) is 52.9. The van der Waals surface area contributed by atoms with Crippen molar-refractivity contribution in [2.24, 2.45) is 0 Å². The second-order valence-corrected chi connectivity index (χ2v) is 17.4. The summed E-state index contributed by atoms with van der Waals surface area (Å²) in [5, 5.41) is 0. The molecule has 0 aromatic rings. The molecule has 6 heteroatoms. The lowest BCUT2D eigenvalue weighted by Gasteiger charge is -2.18. The van der Waals surface area contributed by atoms with E-state index in [0.29, 0.717) is 19.3 Å². The molecule has 0 aliphatic carbocycles. The lowest BCUT2D eigenvalue weighted by Crippen LogP contribution is -2.30. The summed E-state index contributed by atoms with van der Waals surface area (Å²) in [6, 6.07) is 0. The highest BCUT2D eigenvalue weighted by Gasteiger charge is 2.19. The molecule has 6 nitrogen and oxygen atoms in total. The molecule has 0 radical (unpaired) electrons. The highest BCUT2D eigenvalue weighted by Crippen LogP contribution is 2.12. The van der Waals surface area contributed by atoms with Crippen LogP contribution in [0.4, 0.5) is 0 Å². The molecule has 0 rings (SSSR count). The zero-order valence-electron chi connectivity index (χ0n) is 42.2. The van der Waals surface area contributed by atoms with Crippen molar-refractivity contribution in [3.8, 4) is 0 Å². The Morgan fingerprint density at radius 2 is 0.554 bits per heavy atom. The summed E-state index contributed by atoms with van der Waals surface area (Å²) in [6.45, 7) is 6.49. The Kier molecular flexibility index (Phi) is 50.0. The molecule has 0 saturated heterocycles. The van der Waals surface area contributed by atoms with Crippen LogP contribution in [0.3, 0.4) is 0 Å². The van der Waals surface area contributed by atoms with Gasteiger partial charge >= 0.3 is 17.9 Å². The van der Waals surface area contributed by atoms with Crippen LogP contribution in [0.1, 0.15) is 239 Å². The number of ether oxygens (including phenoxy) is 3. The van der Waals surface area contributed by atoms with Gasteiger partial charge in [-0.2, -0.15) is 0 Å². The molecule has 1 atom stereocenters. The number of allylic oxidation sites excluding steroid dienone is 16. The molecule has 0 saturated carbocycles. The number of rotatable bonds is 47. The van der Waals surface area contributed by atoms with E-state index in [1.807, 2.05) is 0 Å². The van der Waals surface area contributed by atoms with Crippen molar-refractivity contribution in [2.45, 2.75) is 245 Å². The summed E-state index contributed by atoms with van der Waals surface area (Å²) in [6.07, 6.45) is 69.6. The van der Waals surface area contributed by atoms with Gasteiger partial charge in [-0.15, -0.1) is 0 Å². The first kappa shape index (κ1) is 61.3. The molecular formula is C59H98O6. The van der Waals surface area contributed by atoms with E-state index in [9.17, 15) is 14.4 Å². The van der Waals surface area contributed by atoms with Crippen LogP contribution in [-0.4, -0.2) is 37.2 Å². The Labute approximate surface area is 400 Å². The first-order valence-electron chi connectivity index (χ1n) is 26.7. The van der Waals surface area contributed by atoms with Crippen molar-refractivity contribution in [1.29, 1.82) is 0 Å². The lowest BCUT2D eigenvalue weighted by atomic mass is 10.1. The molecule has 0 heterocycles. The lowest BCUT2D eigenvalue weighted by molar-refractivity contribution is -0.167. The number of hydrogen-bond acceptors (Lipinski definition) is 6. The third-order valence-corrected chi connectivity index (χ3v) is 11.0. The minimum atomic E-state index is -0.814. The molecule has 0 aromatic heterocycles. The summed E-state index contributed by atoms with van der Waals surface area (Å²) in [5.41, 5.74) is 0. The first-order chi connectivity index (χ1) is 32.0. The zero-order valence-corrected chi connectivity index (χ0v) is 42.2. The van der Waals surface area contributed by atoms with E-state index in [2.05, 4.69) is 118 Å². The molecule has 0 amide bonds. The topological polar surface area (TPSA) is 78.9 Å². The van der Waals surface area contributed by atoms with Crippen molar-refractivity contribution in [3.63, 3.8) is 0 Å². The van der Waals surface area contributed by atoms with Gasteiger partial charge in [0.25, 0.3) is 0 Å². The summed E-state index contributed by atoms with van der Waals surface area (Å²) < 4.78 is 16.7. The van der Waals surface area contributed by atoms with Gasteiger partial charge in [-0.05, 0) is 128 Å². The van der Waals surface area contributed by atoms with Crippen LogP contribution in [0.2, 0.25) is 0 Å². The van der Waals surface area contributed by atoms with Gasteiger partial charge in [-0.1, -0.05) is 189 Å². The summed E-state index contributed by atoms with van der Waals surface area (Å²) in [7, 11) is 0. The highest BCUT2D eigenvalue weighted by molar-refractivity contribution is 5.71. The quantitative estimate of drug-likeness (QED) is 0.0262. The predicted molar refractivity (Wildman–Crippen MR) is 279 cm³/mol. The van der Waals surface area contributed by atoms with E-state index >= 15 is 0 Å². The van der Waals surface area contributed by atoms with Gasteiger partial charge in [0.2, 0.25) is 0 Å². The fraction of sp³-hybridized carbons (Fsp3) is 0.678. The van der Waals surface area contributed by atoms with Crippen LogP contribution in [0.25, 0.3) is 0 Å². The fourth-order valence-corrected chi connectivity index (χ4v) is 6.95. The van der Waals surface area contributed by atoms with Crippen molar-refractivity contribution >= 4 is 17.9 Å². The number of unbranched alkanes of at least 4 members (excludes halogenated alkanes) is 20. The normalized spacial score (nSPS) is 12.8. The van der Waals surface area contributed by atoms with Gasteiger partial charge < -0.3 is 14.2 Å². The minimum Gasteiger partial charge on any atom is -0.462 e. The highest BCUT2D eigenvalue weighted by atomic mass is 16.6. The fourth-order valence-electron chi connectivity index (χ4n) is 6.95. The van der Waals surface area contributed by atoms with Crippen LogP contribution >= 0.6 is 0 Å². The third-order valence-electron chi connectivity index (χ3n) is 11.0. The van der Waals surface area contributed by atoms with Crippen molar-refractivity contribution in [3.05, 3.63) is 97.2 Å². The Balaban J connectivity index is 4.52. The molecule has 370 valence electrons. The molecule has 0 aliphatic heterocycles. The Morgan fingerprint density at radius 3 is 0.954 bits per heavy atom. The van der Waals surface area contributed by atoms with E-state index in [-0.39, 0.29) is 37.5 Å². The molecule has 0 unspecified atom stereocenters. The number of hydrogen-bond donors (Lipinski definition) is 0. The Morgan fingerprint density at radius 1 is 0.308 bits per heavy atom. The maximum absolute atomic E-state index is 12.8. The average Bonchev–Trinajstić information content (AvgIpc) is 3.30. The SMILES string of the molecule is CCCCC/C=C\C/C=C\C/C=C\C/C=C\CCCCCC(=O)OC[C@H](COC(=O)CCCCCCC/C=C\CCCCCC)OC(=O)CCCC/C=C\C/C=C\C/C=C\CCCCC. The second-order valence-electron chi connectivity index (χ2n) is 17.4. The van der Waals surface area contributed by atoms with Crippen LogP contribution in [0, 0.1) is 0 Å². The smallest absolute Gasteiger partial charge is 0.306 e. The molecule has 0 aromatic carbocycles. The maximum Gasteiger partial charge on any atom is 0.306 e. The zero-order chi connectivity index (χ0) is 47.2. The number of esters is 3. The largest absolute Gasteiger partial charge is 0.462 e. The Bertz CT molecular complexity index is 1310. The monoisotopic (exact) mass is 903 g/mol. The van der Waals surface area contributed by atoms with Crippen LogP contribution in [0.15, 0.2) is 97.2 Å². The van der Waals surface area contributed by atoms with E-state index < -0.39 is 6.10 Å². The first-order valence-corrected chi connectivity index (χ1v) is 26.7. The van der Waals surface area contributed by atoms with Gasteiger partial charge in [0.15, 0.2) is 6.10 Å². The summed E-state index contributed by atoms with van der Waals surface area (Å²) in [4.78, 5) is 38.0. The third kappa shape index (κ3) is 51.2. The molecule has 0 bridgehead atoms. The van der Waals surface area contributed by atoms with Gasteiger partial charge in [0.05, 0.1) is 0 Å². The van der Waals surface area contributed by atoms with Gasteiger partial charge in [-0.3, -0.25) is 14.4 Å². The molecule has 65 heavy (non-hydrogen) atoms. The Hall–Kier alpha value is -3.67. The molecule has 0 N–H and O–H groups in total. The average molecular weight is 903 g/mol. The van der Waals surface area contributed by atoms with Gasteiger partial charge in [0.1, 0.15) is 13.2 Å². The molecule has 0 aliphatic rings. The standard InChI is InChI=1S/C59H98O6/c1-4-7-10-13-16-19-22-25-27-28-29-30-32-34-37-40-43-46-49-52-58(61)64-55-56(54-63-57(60)51-48-45-42-39-36-33-24-21-18-15-12-9-6-3)65-59(62)53-50-47-44-41-38-35-31-26-23-20-17-14-11-8-5-2/h16-17,19-21,24-27,29-31,34,37-38,41,56H,4-15,18,22-23,28,32-33,35-36,39-40,42-55H2,1-3H3/b19-16-,20-17-,24-21-,27-25-,30-29-,31-26-,37-34-,41-38-/t56-/m0/s1. The predicted octanol–water partition coefficient (Wildman–Crippen LogP) is 17.8. The number of carbonyl (C=O) groups is 3. The van der Waals surface area contributed by atoms with Crippen LogP contribution < -0.4 is 0 Å². The van der Waals surface area contributed by atoms with Crippen molar-refractivity contribution in [1.82, 2.24) is 0 Å². The number of carbonyl (C=O) groups excluding carboxylic acids is 3. The summed E-state index contributed by atoms with van der Waals surface area (Å²) in [5.74, 6) is -0.990. The van der Waals surface area contributed by atoms with Crippen molar-refractivity contribution in [2.75, 3.05) is 13.2 Å². The molecule has 0 fully saturated rings. The molecular weight excluding hydrogens is 805 g/mol. The van der Waals surface area contributed by atoms with Gasteiger partial charge in [0, 0.05) is 19.3 Å². The van der Waals surface area contributed by atoms with E-state index in [0.717, 1.165) is 103 Å². The van der Waals surface area contributed by atoms with Crippen LogP contribution in [0.5, 0.6) is 0 Å². The molecule has 0 spiro atoms. The van der Waals surface area contributed by atoms with E-state index in [4.69, 9.17) is 14.2 Å². The van der Waals surface area contributed by atoms with Crippen LogP contribution in [-0.2, 0) is 28.6 Å². The maximum atomic E-state index is 12.8. The van der Waals surface area contributed by atoms with Crippen molar-refractivity contribution < 1.29 is 28.6 Å². The summed E-state index contributed by atoms with van der Waals surface area (Å²) >= 11 is 0. The van der Waals surface area contributed by atoms with E-state index in [1.54, 1.807) is 0 Å². The minimum absolute atomic E-state index is 0.109. The van der Waals surface area contributed by atoms with E-state index in [1.165, 1.54) is 89.9 Å².